The van der Waals surface area contributed by atoms with E-state index in [4.69, 9.17) is 9.72 Å². The lowest BCUT2D eigenvalue weighted by molar-refractivity contribution is 0.00731. The van der Waals surface area contributed by atoms with Crippen molar-refractivity contribution in [3.05, 3.63) is 48.2 Å². The molecule has 1 atom stereocenters. The zero-order chi connectivity index (χ0) is 20.4. The summed E-state index contributed by atoms with van der Waals surface area (Å²) in [6, 6.07) is 12.1. The van der Waals surface area contributed by atoms with Crippen LogP contribution in [0, 0.1) is 0 Å². The van der Waals surface area contributed by atoms with Gasteiger partial charge in [-0.25, -0.2) is 9.67 Å². The number of amides is 1. The van der Waals surface area contributed by atoms with Crippen LogP contribution in [-0.4, -0.2) is 51.4 Å². The fourth-order valence-electron chi connectivity index (χ4n) is 3.99. The van der Waals surface area contributed by atoms with Gasteiger partial charge in [-0.2, -0.15) is 5.10 Å². The molecule has 6 heteroatoms. The predicted octanol–water partition coefficient (Wildman–Crippen LogP) is 4.32. The van der Waals surface area contributed by atoms with Gasteiger partial charge in [0.05, 0.1) is 28.9 Å². The molecule has 2 aromatic heterocycles. The monoisotopic (exact) mass is 392 g/mol. The normalized spacial score (nSPS) is 17.2. The first-order valence-electron chi connectivity index (χ1n) is 10.4. The van der Waals surface area contributed by atoms with Crippen molar-refractivity contribution in [2.24, 2.45) is 0 Å². The van der Waals surface area contributed by atoms with Crippen molar-refractivity contribution in [3.63, 3.8) is 0 Å². The minimum atomic E-state index is 0.0299. The van der Waals surface area contributed by atoms with Gasteiger partial charge in [-0.1, -0.05) is 30.3 Å². The molecule has 0 spiro atoms. The van der Waals surface area contributed by atoms with Gasteiger partial charge in [0.25, 0.3) is 5.91 Å². The van der Waals surface area contributed by atoms with Crippen LogP contribution in [0.1, 0.15) is 50.0 Å². The molecule has 1 aliphatic heterocycles. The molecule has 0 bridgehead atoms. The molecule has 0 aliphatic carbocycles. The third kappa shape index (κ3) is 3.90. The van der Waals surface area contributed by atoms with Gasteiger partial charge in [0.1, 0.15) is 0 Å². The molecule has 1 aromatic carbocycles. The van der Waals surface area contributed by atoms with E-state index in [0.717, 1.165) is 41.7 Å². The van der Waals surface area contributed by atoms with Crippen LogP contribution in [0.5, 0.6) is 0 Å². The SMILES string of the molecule is CCOC1CCCN(C(=O)c2cc(-c3ccccc3)nc3c2cnn3C(C)C)C1. The Labute approximate surface area is 171 Å². The molecule has 152 valence electrons. The minimum Gasteiger partial charge on any atom is -0.377 e. The number of hydrogen-bond acceptors (Lipinski definition) is 4. The zero-order valence-electron chi connectivity index (χ0n) is 17.3. The summed E-state index contributed by atoms with van der Waals surface area (Å²) in [6.07, 6.45) is 3.85. The van der Waals surface area contributed by atoms with E-state index in [2.05, 4.69) is 18.9 Å². The van der Waals surface area contributed by atoms with E-state index in [1.165, 1.54) is 0 Å². The van der Waals surface area contributed by atoms with E-state index < -0.39 is 0 Å². The van der Waals surface area contributed by atoms with Gasteiger partial charge >= 0.3 is 0 Å². The Bertz CT molecular complexity index is 995. The van der Waals surface area contributed by atoms with E-state index >= 15 is 0 Å². The Kier molecular flexibility index (Phi) is 5.62. The van der Waals surface area contributed by atoms with Crippen LogP contribution in [0.2, 0.25) is 0 Å². The number of pyridine rings is 1. The van der Waals surface area contributed by atoms with Crippen molar-refractivity contribution < 1.29 is 9.53 Å². The van der Waals surface area contributed by atoms with Crippen molar-refractivity contribution in [2.75, 3.05) is 19.7 Å². The van der Waals surface area contributed by atoms with Crippen molar-refractivity contribution in [1.29, 1.82) is 0 Å². The summed E-state index contributed by atoms with van der Waals surface area (Å²) in [7, 11) is 0. The number of nitrogens with zero attached hydrogens (tertiary/aromatic N) is 4. The summed E-state index contributed by atoms with van der Waals surface area (Å²) in [5.41, 5.74) is 3.20. The summed E-state index contributed by atoms with van der Waals surface area (Å²) in [6.45, 7) is 8.20. The number of carbonyl (C=O) groups excluding carboxylic acids is 1. The standard InChI is InChI=1S/C23H28N4O2/c1-4-29-18-11-8-12-26(15-18)23(28)19-13-21(17-9-6-5-7-10-17)25-22-20(19)14-24-27(22)16(2)3/h5-7,9-10,13-14,16,18H,4,8,11-12,15H2,1-3H3. The highest BCUT2D eigenvalue weighted by Crippen LogP contribution is 2.28. The molecule has 1 unspecified atom stereocenters. The highest BCUT2D eigenvalue weighted by atomic mass is 16.5. The molecule has 1 amide bonds. The average molecular weight is 393 g/mol. The van der Waals surface area contributed by atoms with Gasteiger partial charge in [-0.3, -0.25) is 4.79 Å². The molecule has 4 rings (SSSR count). The topological polar surface area (TPSA) is 60.2 Å². The number of benzene rings is 1. The maximum Gasteiger partial charge on any atom is 0.254 e. The number of fused-ring (bicyclic) bond motifs is 1. The first kappa shape index (κ1) is 19.6. The predicted molar refractivity (Wildman–Crippen MR) is 114 cm³/mol. The molecule has 6 nitrogen and oxygen atoms in total. The summed E-state index contributed by atoms with van der Waals surface area (Å²) < 4.78 is 7.68. The molecule has 3 heterocycles. The number of hydrogen-bond donors (Lipinski definition) is 0. The van der Waals surface area contributed by atoms with E-state index in [-0.39, 0.29) is 18.1 Å². The summed E-state index contributed by atoms with van der Waals surface area (Å²) in [5, 5.41) is 5.33. The lowest BCUT2D eigenvalue weighted by atomic mass is 10.0. The third-order valence-corrected chi connectivity index (χ3v) is 5.42. The number of piperidine rings is 1. The number of likely N-dealkylation sites (tertiary alicyclic amines) is 1. The van der Waals surface area contributed by atoms with Crippen molar-refractivity contribution in [3.8, 4) is 11.3 Å². The minimum absolute atomic E-state index is 0.0299. The lowest BCUT2D eigenvalue weighted by Gasteiger charge is -2.32. The van der Waals surface area contributed by atoms with E-state index in [0.29, 0.717) is 18.7 Å². The van der Waals surface area contributed by atoms with Crippen LogP contribution in [-0.2, 0) is 4.74 Å². The molecule has 0 radical (unpaired) electrons. The van der Waals surface area contributed by atoms with Gasteiger partial charge < -0.3 is 9.64 Å². The van der Waals surface area contributed by atoms with Gasteiger partial charge in [-0.05, 0) is 39.7 Å². The second-order valence-corrected chi connectivity index (χ2v) is 7.81. The van der Waals surface area contributed by atoms with Crippen LogP contribution in [0.25, 0.3) is 22.3 Å². The van der Waals surface area contributed by atoms with Crippen LogP contribution < -0.4 is 0 Å². The maximum atomic E-state index is 13.5. The quantitative estimate of drug-likeness (QED) is 0.649. The maximum absolute atomic E-state index is 13.5. The van der Waals surface area contributed by atoms with E-state index in [1.54, 1.807) is 6.20 Å². The van der Waals surface area contributed by atoms with Crippen LogP contribution in [0.3, 0.4) is 0 Å². The van der Waals surface area contributed by atoms with E-state index in [1.807, 2.05) is 52.9 Å². The highest BCUT2D eigenvalue weighted by Gasteiger charge is 2.27. The highest BCUT2D eigenvalue weighted by molar-refractivity contribution is 6.06. The Morgan fingerprint density at radius 1 is 1.28 bits per heavy atom. The largest absolute Gasteiger partial charge is 0.377 e. The smallest absolute Gasteiger partial charge is 0.254 e. The van der Waals surface area contributed by atoms with Gasteiger partial charge in [0, 0.05) is 31.3 Å². The van der Waals surface area contributed by atoms with Crippen LogP contribution in [0.15, 0.2) is 42.6 Å². The summed E-state index contributed by atoms with van der Waals surface area (Å²) in [4.78, 5) is 20.3. The van der Waals surface area contributed by atoms with Crippen molar-refractivity contribution in [1.82, 2.24) is 19.7 Å². The average Bonchev–Trinajstić information content (AvgIpc) is 3.18. The first-order valence-corrected chi connectivity index (χ1v) is 10.4. The molecular weight excluding hydrogens is 364 g/mol. The molecule has 1 fully saturated rings. The Morgan fingerprint density at radius 3 is 2.79 bits per heavy atom. The Hall–Kier alpha value is -2.73. The first-order chi connectivity index (χ1) is 14.1. The molecule has 0 saturated carbocycles. The summed E-state index contributed by atoms with van der Waals surface area (Å²) >= 11 is 0. The molecular formula is C23H28N4O2. The second-order valence-electron chi connectivity index (χ2n) is 7.81. The summed E-state index contributed by atoms with van der Waals surface area (Å²) in [5.74, 6) is 0.0299. The van der Waals surface area contributed by atoms with Crippen molar-refractivity contribution >= 4 is 16.9 Å². The fraction of sp³-hybridized carbons (Fsp3) is 0.435. The molecule has 0 N–H and O–H groups in total. The Balaban J connectivity index is 1.79. The fourth-order valence-corrected chi connectivity index (χ4v) is 3.99. The van der Waals surface area contributed by atoms with Gasteiger partial charge in [0.2, 0.25) is 0 Å². The third-order valence-electron chi connectivity index (χ3n) is 5.42. The lowest BCUT2D eigenvalue weighted by Crippen LogP contribution is -2.43. The van der Waals surface area contributed by atoms with E-state index in [9.17, 15) is 4.79 Å². The molecule has 3 aromatic rings. The molecule has 29 heavy (non-hydrogen) atoms. The van der Waals surface area contributed by atoms with Gasteiger partial charge in [0.15, 0.2) is 5.65 Å². The number of carbonyl (C=O) groups is 1. The Morgan fingerprint density at radius 2 is 2.07 bits per heavy atom. The molecule has 1 saturated heterocycles. The number of rotatable bonds is 5. The number of aromatic nitrogens is 3. The van der Waals surface area contributed by atoms with Crippen LogP contribution in [0.4, 0.5) is 0 Å². The van der Waals surface area contributed by atoms with Crippen molar-refractivity contribution in [2.45, 2.75) is 45.8 Å². The van der Waals surface area contributed by atoms with Gasteiger partial charge in [-0.15, -0.1) is 0 Å². The number of ether oxygens (including phenoxy) is 1. The molecule has 1 aliphatic rings. The second kappa shape index (κ2) is 8.33. The zero-order valence-corrected chi connectivity index (χ0v) is 17.3. The van der Waals surface area contributed by atoms with Crippen LogP contribution >= 0.6 is 0 Å².